The lowest BCUT2D eigenvalue weighted by Gasteiger charge is -2.40. The fourth-order valence-electron chi connectivity index (χ4n) is 7.08. The zero-order valence-corrected chi connectivity index (χ0v) is 37.2. The number of phenolic OH excluding ortho intramolecular Hbond substituents is 6. The van der Waals surface area contributed by atoms with Gasteiger partial charge in [-0.05, 0) is 110 Å². The van der Waals surface area contributed by atoms with Crippen molar-refractivity contribution in [2.45, 2.75) is 64.1 Å². The number of carboxylic acid groups (broad SMARTS) is 2. The third-order valence-electron chi connectivity index (χ3n) is 10.9. The Bertz CT molecular complexity index is 2280. The predicted molar refractivity (Wildman–Crippen MR) is 250 cm³/mol. The molecule has 0 amide bonds. The normalized spacial score (nSPS) is 12.4. The average molecular weight is 903 g/mol. The molecule has 0 spiro atoms. The highest BCUT2D eigenvalue weighted by Gasteiger charge is 2.32. The number of hydrogen-bond donors (Lipinski definition) is 10. The fourth-order valence-corrected chi connectivity index (χ4v) is 7.08. The number of benzene rings is 6. The van der Waals surface area contributed by atoms with E-state index in [-0.39, 0.29) is 47.6 Å². The molecule has 0 fully saturated rings. The van der Waals surface area contributed by atoms with Crippen molar-refractivity contribution in [1.82, 2.24) is 9.80 Å². The van der Waals surface area contributed by atoms with E-state index in [4.69, 9.17) is 10.2 Å². The predicted octanol–water partition coefficient (Wildman–Crippen LogP) is 8.26. The molecule has 0 radical (unpaired) electrons. The first-order valence-corrected chi connectivity index (χ1v) is 20.9. The van der Waals surface area contributed by atoms with E-state index in [1.807, 2.05) is 84.9 Å². The average Bonchev–Trinajstić information content (AvgIpc) is 3.26. The topological polar surface area (TPSA) is 243 Å². The number of aromatic hydroxyl groups is 6. The maximum Gasteiger partial charge on any atom is 0.328 e. The van der Waals surface area contributed by atoms with Gasteiger partial charge < -0.3 is 51.1 Å². The van der Waals surface area contributed by atoms with Gasteiger partial charge in [0, 0.05) is 61.5 Å². The van der Waals surface area contributed by atoms with Crippen molar-refractivity contribution >= 4 is 11.9 Å². The minimum Gasteiger partial charge on any atom is -0.508 e. The summed E-state index contributed by atoms with van der Waals surface area (Å²) in [6.07, 6.45) is -0.703. The standard InChI is InChI=1S/2C24H27NO4.C4H4O4/c2*1-24(2,19-8-10-20(26)11-9-19)25(15-17-6-4-3-5-7-17)16-23(29)18-12-21(27)14-22(28)13-18;5-3(6)1-2-4(7)8/h2*3-14,23,26-29H,15-16H2,1-2H3;1-2H,(H,5,6)(H,7,8)/b;;2-1+/t2*23-;/m00./s1. The molecule has 6 aromatic rings. The summed E-state index contributed by atoms with van der Waals surface area (Å²) in [6.45, 7) is 10.0. The third-order valence-corrected chi connectivity index (χ3v) is 10.9. The molecule has 10 N–H and O–H groups in total. The van der Waals surface area contributed by atoms with Gasteiger partial charge in [0.2, 0.25) is 0 Å². The first kappa shape index (κ1) is 51.3. The Morgan fingerprint density at radius 1 is 0.455 bits per heavy atom. The van der Waals surface area contributed by atoms with Crippen LogP contribution in [-0.4, -0.2) is 85.9 Å². The van der Waals surface area contributed by atoms with E-state index in [0.29, 0.717) is 36.4 Å². The zero-order valence-electron chi connectivity index (χ0n) is 37.2. The van der Waals surface area contributed by atoms with Crippen LogP contribution in [-0.2, 0) is 33.8 Å². The number of aliphatic hydroxyl groups is 2. The number of nitrogens with zero attached hydrogens (tertiary/aromatic N) is 2. The van der Waals surface area contributed by atoms with Crippen LogP contribution < -0.4 is 0 Å². The van der Waals surface area contributed by atoms with Crippen LogP contribution >= 0.6 is 0 Å². The third kappa shape index (κ3) is 15.7. The van der Waals surface area contributed by atoms with Gasteiger partial charge in [-0.3, -0.25) is 9.80 Å². The van der Waals surface area contributed by atoms with Gasteiger partial charge in [0.05, 0.1) is 12.2 Å². The van der Waals surface area contributed by atoms with E-state index in [1.54, 1.807) is 24.3 Å². The van der Waals surface area contributed by atoms with Gasteiger partial charge in [-0.1, -0.05) is 84.9 Å². The number of carboxylic acids is 2. The summed E-state index contributed by atoms with van der Waals surface area (Å²) in [6, 6.07) is 42.4. The van der Waals surface area contributed by atoms with Crippen LogP contribution in [0.15, 0.2) is 158 Å². The number of hydrogen-bond acceptors (Lipinski definition) is 12. The smallest absolute Gasteiger partial charge is 0.328 e. The van der Waals surface area contributed by atoms with Crippen molar-refractivity contribution in [2.24, 2.45) is 0 Å². The van der Waals surface area contributed by atoms with Crippen LogP contribution in [0.2, 0.25) is 0 Å². The Morgan fingerprint density at radius 3 is 1.02 bits per heavy atom. The van der Waals surface area contributed by atoms with Gasteiger partial charge in [0.1, 0.15) is 34.5 Å². The maximum atomic E-state index is 10.9. The Balaban J connectivity index is 0.000000248. The Kier molecular flexibility index (Phi) is 18.3. The molecule has 0 unspecified atom stereocenters. The van der Waals surface area contributed by atoms with Gasteiger partial charge in [-0.25, -0.2) is 9.59 Å². The molecule has 0 bridgehead atoms. The summed E-state index contributed by atoms with van der Waals surface area (Å²) in [5, 5.41) is 95.7. The van der Waals surface area contributed by atoms with Crippen LogP contribution in [0.3, 0.4) is 0 Å². The van der Waals surface area contributed by atoms with Crippen molar-refractivity contribution in [1.29, 1.82) is 0 Å². The summed E-state index contributed by atoms with van der Waals surface area (Å²) < 4.78 is 0. The summed E-state index contributed by atoms with van der Waals surface area (Å²) >= 11 is 0. The SMILES string of the molecule is CC(C)(c1ccc(O)cc1)N(Cc1ccccc1)C[C@H](O)c1cc(O)cc(O)c1.CC(C)(c1ccc(O)cc1)N(Cc1ccccc1)C[C@H](O)c1cc(O)cc(O)c1.O=C(O)/C=C/C(=O)O. The molecule has 0 saturated heterocycles. The highest BCUT2D eigenvalue weighted by Crippen LogP contribution is 2.35. The monoisotopic (exact) mass is 902 g/mol. The second-order valence-electron chi connectivity index (χ2n) is 16.6. The minimum atomic E-state index is -1.26. The fraction of sp³-hybridized carbons (Fsp3) is 0.231. The van der Waals surface area contributed by atoms with Gasteiger partial charge in [0.15, 0.2) is 0 Å². The summed E-state index contributed by atoms with van der Waals surface area (Å²) in [7, 11) is 0. The lowest BCUT2D eigenvalue weighted by Crippen LogP contribution is -2.43. The molecule has 14 nitrogen and oxygen atoms in total. The molecule has 0 saturated carbocycles. The number of rotatable bonds is 16. The van der Waals surface area contributed by atoms with E-state index >= 15 is 0 Å². The first-order valence-electron chi connectivity index (χ1n) is 20.9. The molecule has 0 aromatic heterocycles. The second kappa shape index (κ2) is 23.5. The molecule has 0 aliphatic heterocycles. The quantitative estimate of drug-likeness (QED) is 0.0411. The lowest BCUT2D eigenvalue weighted by atomic mass is 9.90. The van der Waals surface area contributed by atoms with Crippen LogP contribution in [0.4, 0.5) is 0 Å². The van der Waals surface area contributed by atoms with Gasteiger partial charge in [-0.2, -0.15) is 0 Å². The molecule has 6 aromatic carbocycles. The van der Waals surface area contributed by atoms with E-state index in [0.717, 1.165) is 22.3 Å². The van der Waals surface area contributed by atoms with Crippen LogP contribution in [0.1, 0.15) is 73.3 Å². The molecule has 348 valence electrons. The van der Waals surface area contributed by atoms with Crippen molar-refractivity contribution in [3.05, 3.63) is 191 Å². The first-order chi connectivity index (χ1) is 31.1. The number of carbonyl (C=O) groups is 2. The zero-order chi connectivity index (χ0) is 48.6. The molecule has 0 heterocycles. The highest BCUT2D eigenvalue weighted by molar-refractivity contribution is 5.89. The largest absolute Gasteiger partial charge is 0.508 e. The molecular weight excluding hydrogens is 845 g/mol. The highest BCUT2D eigenvalue weighted by atomic mass is 16.4. The van der Waals surface area contributed by atoms with Gasteiger partial charge >= 0.3 is 11.9 Å². The Morgan fingerprint density at radius 2 is 0.742 bits per heavy atom. The van der Waals surface area contributed by atoms with Gasteiger partial charge in [-0.15, -0.1) is 0 Å². The van der Waals surface area contributed by atoms with E-state index in [9.17, 15) is 50.4 Å². The van der Waals surface area contributed by atoms with E-state index in [1.165, 1.54) is 36.4 Å². The number of aliphatic carboxylic acids is 2. The summed E-state index contributed by atoms with van der Waals surface area (Å²) in [5.41, 5.74) is 4.18. The van der Waals surface area contributed by atoms with Crippen molar-refractivity contribution < 1.29 is 60.7 Å². The van der Waals surface area contributed by atoms with Crippen LogP contribution in [0.25, 0.3) is 0 Å². The number of aliphatic hydroxyl groups excluding tert-OH is 2. The molecular formula is C52H58N2O12. The van der Waals surface area contributed by atoms with E-state index < -0.39 is 35.2 Å². The van der Waals surface area contributed by atoms with E-state index in [2.05, 4.69) is 37.5 Å². The van der Waals surface area contributed by atoms with Crippen molar-refractivity contribution in [3.8, 4) is 34.5 Å². The summed E-state index contributed by atoms with van der Waals surface area (Å²) in [5.74, 6) is -2.47. The second-order valence-corrected chi connectivity index (χ2v) is 16.6. The lowest BCUT2D eigenvalue weighted by molar-refractivity contribution is -0.134. The molecule has 0 aliphatic carbocycles. The number of phenols is 6. The van der Waals surface area contributed by atoms with Crippen LogP contribution in [0.5, 0.6) is 34.5 Å². The minimum absolute atomic E-state index is 0.0912. The van der Waals surface area contributed by atoms with Gasteiger partial charge in [0.25, 0.3) is 0 Å². The maximum absolute atomic E-state index is 10.9. The summed E-state index contributed by atoms with van der Waals surface area (Å²) in [4.78, 5) is 23.4. The Labute approximate surface area is 384 Å². The van der Waals surface area contributed by atoms with Crippen molar-refractivity contribution in [3.63, 3.8) is 0 Å². The molecule has 0 aliphatic rings. The molecule has 2 atom stereocenters. The molecule has 14 heteroatoms. The molecule has 6 rings (SSSR count). The van der Waals surface area contributed by atoms with Crippen LogP contribution in [0, 0.1) is 0 Å². The van der Waals surface area contributed by atoms with Crippen molar-refractivity contribution in [2.75, 3.05) is 13.1 Å². The Hall–Kier alpha value is -7.36. The molecule has 66 heavy (non-hydrogen) atoms.